The van der Waals surface area contributed by atoms with Crippen LogP contribution in [0, 0.1) is 11.8 Å². The molecule has 9 N–H and O–H groups in total. The summed E-state index contributed by atoms with van der Waals surface area (Å²) in [5, 5.41) is 42.1. The zero-order valence-corrected chi connectivity index (χ0v) is 28.7. The molecule has 0 radical (unpaired) electrons. The molecule has 0 saturated carbocycles. The number of carboxylic acids is 2. The summed E-state index contributed by atoms with van der Waals surface area (Å²) < 4.78 is 0. The molecular formula is C29H48N6O12S. The Balaban J connectivity index is 6.10. The summed E-state index contributed by atoms with van der Waals surface area (Å²) in [6, 6.07) is -8.34. The van der Waals surface area contributed by atoms with Gasteiger partial charge in [0.05, 0.1) is 25.5 Å². The van der Waals surface area contributed by atoms with Crippen molar-refractivity contribution in [2.45, 2.75) is 96.6 Å². The van der Waals surface area contributed by atoms with E-state index in [4.69, 9.17) is 5.11 Å². The van der Waals surface area contributed by atoms with Gasteiger partial charge in [0, 0.05) is 6.92 Å². The van der Waals surface area contributed by atoms with E-state index in [1.54, 1.807) is 34.0 Å². The van der Waals surface area contributed by atoms with Gasteiger partial charge in [-0.15, -0.1) is 0 Å². The fourth-order valence-electron chi connectivity index (χ4n) is 4.20. The van der Waals surface area contributed by atoms with Crippen LogP contribution >= 0.6 is 11.8 Å². The number of hydrogen-bond acceptors (Lipinski definition) is 11. The van der Waals surface area contributed by atoms with Crippen LogP contribution in [0.2, 0.25) is 0 Å². The van der Waals surface area contributed by atoms with Crippen molar-refractivity contribution in [3.8, 4) is 0 Å². The minimum Gasteiger partial charge on any atom is -0.481 e. The summed E-state index contributed by atoms with van der Waals surface area (Å²) in [4.78, 5) is 111. The first-order chi connectivity index (χ1) is 22.4. The minimum atomic E-state index is -1.72. The quantitative estimate of drug-likeness (QED) is 0.0499. The third-order valence-electron chi connectivity index (χ3n) is 7.06. The molecule has 0 heterocycles. The molecule has 0 aromatic rings. The monoisotopic (exact) mass is 704 g/mol. The van der Waals surface area contributed by atoms with E-state index in [1.165, 1.54) is 11.8 Å². The molecular weight excluding hydrogens is 656 g/mol. The lowest BCUT2D eigenvalue weighted by Crippen LogP contribution is -2.61. The van der Waals surface area contributed by atoms with E-state index in [2.05, 4.69) is 31.9 Å². The highest BCUT2D eigenvalue weighted by Crippen LogP contribution is 2.11. The summed E-state index contributed by atoms with van der Waals surface area (Å²) in [5.74, 6) is -8.77. The minimum absolute atomic E-state index is 0.0200. The highest BCUT2D eigenvalue weighted by molar-refractivity contribution is 7.98. The van der Waals surface area contributed by atoms with Crippen molar-refractivity contribution < 1.29 is 58.5 Å². The molecule has 0 bridgehead atoms. The number of thioether (sulfide) groups is 1. The first-order valence-corrected chi connectivity index (χ1v) is 16.6. The van der Waals surface area contributed by atoms with Crippen LogP contribution in [0.4, 0.5) is 0 Å². The molecule has 19 heteroatoms. The van der Waals surface area contributed by atoms with Crippen molar-refractivity contribution in [1.29, 1.82) is 0 Å². The molecule has 0 aliphatic rings. The van der Waals surface area contributed by atoms with Gasteiger partial charge in [0.2, 0.25) is 35.4 Å². The number of nitrogens with one attached hydrogen (secondary N) is 6. The number of aliphatic carboxylic acids is 2. The molecule has 18 nitrogen and oxygen atoms in total. The summed E-state index contributed by atoms with van der Waals surface area (Å²) >= 11 is 1.32. The summed E-state index contributed by atoms with van der Waals surface area (Å²) in [6.45, 7) is 6.82. The Morgan fingerprint density at radius 3 is 1.65 bits per heavy atom. The van der Waals surface area contributed by atoms with Crippen LogP contribution in [0.15, 0.2) is 0 Å². The SMILES string of the molecule is CC[C@H](C)[C@H](NC(=O)[C@H](CO)NC(C)=O)C(=O)N[C@@H](CC(=O)O)C(=O)N[C@@H](CCSC)C(=O)N[C@H](C(=O)N[C@H](C=O)CC(=O)O)C(C)C. The molecule has 0 saturated heterocycles. The number of aldehydes is 1. The maximum absolute atomic E-state index is 13.4. The lowest BCUT2D eigenvalue weighted by molar-refractivity contribution is -0.142. The van der Waals surface area contributed by atoms with Crippen LogP contribution in [0.5, 0.6) is 0 Å². The molecule has 7 atom stereocenters. The van der Waals surface area contributed by atoms with Crippen LogP contribution in [0.25, 0.3) is 0 Å². The zero-order valence-electron chi connectivity index (χ0n) is 27.9. The van der Waals surface area contributed by atoms with E-state index < -0.39 is 115 Å². The molecule has 48 heavy (non-hydrogen) atoms. The second-order valence-electron chi connectivity index (χ2n) is 11.4. The Morgan fingerprint density at radius 1 is 0.688 bits per heavy atom. The molecule has 0 aromatic heterocycles. The van der Waals surface area contributed by atoms with Gasteiger partial charge in [0.15, 0.2) is 0 Å². The van der Waals surface area contributed by atoms with Gasteiger partial charge in [-0.05, 0) is 30.3 Å². The Labute approximate surface area is 282 Å². The van der Waals surface area contributed by atoms with Gasteiger partial charge < -0.3 is 52.0 Å². The van der Waals surface area contributed by atoms with Gasteiger partial charge in [-0.2, -0.15) is 11.8 Å². The van der Waals surface area contributed by atoms with Crippen molar-refractivity contribution in [2.75, 3.05) is 18.6 Å². The van der Waals surface area contributed by atoms with E-state index in [0.717, 1.165) is 6.92 Å². The topological polar surface area (TPSA) is 286 Å². The third kappa shape index (κ3) is 16.0. The highest BCUT2D eigenvalue weighted by Gasteiger charge is 2.35. The van der Waals surface area contributed by atoms with Crippen LogP contribution < -0.4 is 31.9 Å². The second kappa shape index (κ2) is 22.3. The Morgan fingerprint density at radius 2 is 1.19 bits per heavy atom. The van der Waals surface area contributed by atoms with E-state index in [-0.39, 0.29) is 12.7 Å². The lowest BCUT2D eigenvalue weighted by Gasteiger charge is -2.29. The fourth-order valence-corrected chi connectivity index (χ4v) is 4.67. The van der Waals surface area contributed by atoms with Crippen molar-refractivity contribution in [1.82, 2.24) is 31.9 Å². The highest BCUT2D eigenvalue weighted by atomic mass is 32.2. The van der Waals surface area contributed by atoms with Crippen LogP contribution in [0.1, 0.15) is 60.3 Å². The Hall–Kier alpha value is -4.26. The lowest BCUT2D eigenvalue weighted by atomic mass is 9.97. The smallest absolute Gasteiger partial charge is 0.305 e. The van der Waals surface area contributed by atoms with Crippen molar-refractivity contribution in [2.24, 2.45) is 11.8 Å². The predicted molar refractivity (Wildman–Crippen MR) is 172 cm³/mol. The maximum Gasteiger partial charge on any atom is 0.305 e. The number of rotatable bonds is 23. The summed E-state index contributed by atoms with van der Waals surface area (Å²) in [5.41, 5.74) is 0. The second-order valence-corrected chi connectivity index (χ2v) is 12.4. The van der Waals surface area contributed by atoms with Crippen molar-refractivity contribution in [3.05, 3.63) is 0 Å². The van der Waals surface area contributed by atoms with Crippen LogP contribution in [0.3, 0.4) is 0 Å². The predicted octanol–water partition coefficient (Wildman–Crippen LogP) is -2.49. The van der Waals surface area contributed by atoms with Gasteiger partial charge in [0.1, 0.15) is 36.5 Å². The summed E-state index contributed by atoms with van der Waals surface area (Å²) in [7, 11) is 0. The van der Waals surface area contributed by atoms with Crippen LogP contribution in [-0.2, 0) is 43.2 Å². The molecule has 0 aromatic carbocycles. The Bertz CT molecular complexity index is 1170. The van der Waals surface area contributed by atoms with E-state index in [1.807, 2.05) is 0 Å². The van der Waals surface area contributed by atoms with Crippen LogP contribution in [-0.4, -0.2) is 124 Å². The number of carbonyl (C=O) groups is 9. The zero-order chi connectivity index (χ0) is 37.1. The summed E-state index contributed by atoms with van der Waals surface area (Å²) in [6.07, 6.45) is 0.752. The number of carbonyl (C=O) groups excluding carboxylic acids is 7. The molecule has 6 amide bonds. The molecule has 0 aliphatic heterocycles. The normalized spacial score (nSPS) is 15.2. The van der Waals surface area contributed by atoms with Crippen molar-refractivity contribution >= 4 is 65.4 Å². The average molecular weight is 705 g/mol. The largest absolute Gasteiger partial charge is 0.481 e. The number of aliphatic hydroxyl groups excluding tert-OH is 1. The van der Waals surface area contributed by atoms with Gasteiger partial charge in [-0.25, -0.2) is 0 Å². The molecule has 0 spiro atoms. The Kier molecular flexibility index (Phi) is 20.4. The first kappa shape index (κ1) is 43.7. The number of aliphatic hydroxyl groups is 1. The number of amides is 6. The van der Waals surface area contributed by atoms with Gasteiger partial charge in [0.25, 0.3) is 0 Å². The molecule has 0 rings (SSSR count). The van der Waals surface area contributed by atoms with E-state index >= 15 is 0 Å². The average Bonchev–Trinajstić information content (AvgIpc) is 3.00. The fraction of sp³-hybridized carbons (Fsp3) is 0.690. The molecule has 0 unspecified atom stereocenters. The van der Waals surface area contributed by atoms with Gasteiger partial charge in [-0.3, -0.25) is 38.4 Å². The standard InChI is InChI=1S/C29H48N6O12S/c1-7-15(4)24(35-27(45)20(13-37)30-16(5)38)29(47)33-19(11-22(41)42)26(44)32-18(8-9-48-6)25(43)34-23(14(2)3)28(46)31-17(12-36)10-21(39)40/h12,14-15,17-20,23-24,37H,7-11,13H2,1-6H3,(H,30,38)(H,31,46)(H,32,44)(H,33,47)(H,34,43)(H,35,45)(H,39,40)(H,41,42)/t15-,17-,18-,19-,20-,23-,24-/m0/s1. The van der Waals surface area contributed by atoms with Gasteiger partial charge in [-0.1, -0.05) is 34.1 Å². The number of hydrogen-bond donors (Lipinski definition) is 9. The van der Waals surface area contributed by atoms with E-state index in [9.17, 15) is 53.4 Å². The van der Waals surface area contributed by atoms with E-state index in [0.29, 0.717) is 12.2 Å². The molecule has 0 fully saturated rings. The van der Waals surface area contributed by atoms with Crippen molar-refractivity contribution in [3.63, 3.8) is 0 Å². The molecule has 272 valence electrons. The van der Waals surface area contributed by atoms with Gasteiger partial charge >= 0.3 is 11.9 Å². The third-order valence-corrected chi connectivity index (χ3v) is 7.70. The first-order valence-electron chi connectivity index (χ1n) is 15.2. The number of carboxylic acid groups (broad SMARTS) is 2. The molecule has 0 aliphatic carbocycles. The maximum atomic E-state index is 13.4.